The van der Waals surface area contributed by atoms with E-state index in [1.807, 2.05) is 19.1 Å². The van der Waals surface area contributed by atoms with Gasteiger partial charge in [-0.1, -0.05) is 0 Å². The molecule has 0 saturated carbocycles. The quantitative estimate of drug-likeness (QED) is 0.897. The molecule has 2 rings (SSSR count). The monoisotopic (exact) mass is 270 g/mol. The molecular weight excluding hydrogens is 252 g/mol. The Labute approximate surface area is 107 Å². The Balaban J connectivity index is 2.09. The number of nitrogens with zero attached hydrogens (tertiary/aromatic N) is 1. The van der Waals surface area contributed by atoms with Gasteiger partial charge in [-0.05, 0) is 31.9 Å². The minimum absolute atomic E-state index is 0.0489. The summed E-state index contributed by atoms with van der Waals surface area (Å²) >= 11 is 0. The normalized spacial score (nSPS) is 22.4. The summed E-state index contributed by atoms with van der Waals surface area (Å²) < 4.78 is 28.6. The fourth-order valence-corrected chi connectivity index (χ4v) is 3.75. The third-order valence-corrected chi connectivity index (χ3v) is 4.70. The number of pyridine rings is 1. The first-order valence-corrected chi connectivity index (χ1v) is 7.97. The first-order chi connectivity index (χ1) is 8.61. The van der Waals surface area contributed by atoms with Gasteiger partial charge in [-0.25, -0.2) is 13.4 Å². The van der Waals surface area contributed by atoms with Crippen molar-refractivity contribution in [3.05, 3.63) is 18.3 Å². The number of sulfone groups is 1. The number of hydrogen-bond donors (Lipinski definition) is 1. The van der Waals surface area contributed by atoms with Crippen molar-refractivity contribution in [1.29, 1.82) is 0 Å². The molecule has 1 aliphatic rings. The highest BCUT2D eigenvalue weighted by atomic mass is 32.2. The number of nitrogens with one attached hydrogen (secondary N) is 1. The number of ether oxygens (including phenoxy) is 1. The van der Waals surface area contributed by atoms with Gasteiger partial charge in [0.2, 0.25) is 5.88 Å². The van der Waals surface area contributed by atoms with Crippen LogP contribution in [0.3, 0.4) is 0 Å². The first kappa shape index (κ1) is 13.1. The van der Waals surface area contributed by atoms with Gasteiger partial charge in [-0.3, -0.25) is 0 Å². The van der Waals surface area contributed by atoms with Crippen LogP contribution in [0.2, 0.25) is 0 Å². The van der Waals surface area contributed by atoms with E-state index in [-0.39, 0.29) is 11.8 Å². The summed E-state index contributed by atoms with van der Waals surface area (Å²) in [5, 5.41) is 3.22. The predicted octanol–water partition coefficient (Wildman–Crippen LogP) is 1.47. The van der Waals surface area contributed by atoms with E-state index in [1.54, 1.807) is 6.20 Å². The van der Waals surface area contributed by atoms with E-state index in [0.717, 1.165) is 12.1 Å². The van der Waals surface area contributed by atoms with Gasteiger partial charge < -0.3 is 10.1 Å². The molecule has 18 heavy (non-hydrogen) atoms. The fourth-order valence-electron chi connectivity index (χ4n) is 2.11. The second kappa shape index (κ2) is 5.56. The van der Waals surface area contributed by atoms with Crippen molar-refractivity contribution in [2.45, 2.75) is 25.8 Å². The smallest absolute Gasteiger partial charge is 0.237 e. The van der Waals surface area contributed by atoms with Crippen LogP contribution in [0.5, 0.6) is 5.88 Å². The molecule has 1 aromatic heterocycles. The second-order valence-electron chi connectivity index (χ2n) is 4.39. The molecule has 5 nitrogen and oxygen atoms in total. The molecule has 0 amide bonds. The maximum absolute atomic E-state index is 11.6. The molecule has 0 spiro atoms. The van der Waals surface area contributed by atoms with Gasteiger partial charge in [0.25, 0.3) is 0 Å². The molecule has 1 aliphatic heterocycles. The molecule has 1 atom stereocenters. The zero-order valence-electron chi connectivity index (χ0n) is 10.4. The van der Waals surface area contributed by atoms with Crippen LogP contribution in [0.4, 0.5) is 5.69 Å². The fraction of sp³-hybridized carbons (Fsp3) is 0.583. The van der Waals surface area contributed by atoms with E-state index in [2.05, 4.69) is 10.3 Å². The molecule has 0 bridgehead atoms. The Hall–Kier alpha value is -1.30. The predicted molar refractivity (Wildman–Crippen MR) is 70.7 cm³/mol. The molecular formula is C12H18N2O3S. The molecule has 1 saturated heterocycles. The second-order valence-corrected chi connectivity index (χ2v) is 6.62. The average Bonchev–Trinajstić information content (AvgIpc) is 2.31. The third-order valence-electron chi connectivity index (χ3n) is 2.87. The molecule has 6 heteroatoms. The Morgan fingerprint density at radius 1 is 1.56 bits per heavy atom. The summed E-state index contributed by atoms with van der Waals surface area (Å²) in [5.74, 6) is 1.02. The maximum Gasteiger partial charge on any atom is 0.237 e. The van der Waals surface area contributed by atoms with Crippen molar-refractivity contribution in [2.75, 3.05) is 23.4 Å². The molecule has 1 N–H and O–H groups in total. The van der Waals surface area contributed by atoms with E-state index in [1.165, 1.54) is 0 Å². The Morgan fingerprint density at radius 2 is 2.39 bits per heavy atom. The van der Waals surface area contributed by atoms with Crippen LogP contribution >= 0.6 is 0 Å². The van der Waals surface area contributed by atoms with Crippen LogP contribution < -0.4 is 10.1 Å². The highest BCUT2D eigenvalue weighted by Gasteiger charge is 2.25. The van der Waals surface area contributed by atoms with Crippen LogP contribution in [-0.4, -0.2) is 37.6 Å². The van der Waals surface area contributed by atoms with Crippen molar-refractivity contribution < 1.29 is 13.2 Å². The van der Waals surface area contributed by atoms with Crippen LogP contribution in [0.15, 0.2) is 18.3 Å². The summed E-state index contributed by atoms with van der Waals surface area (Å²) in [6, 6.07) is 3.62. The topological polar surface area (TPSA) is 68.3 Å². The molecule has 1 unspecified atom stereocenters. The molecule has 0 radical (unpaired) electrons. The van der Waals surface area contributed by atoms with E-state index in [4.69, 9.17) is 4.74 Å². The molecule has 0 aliphatic carbocycles. The number of anilines is 1. The van der Waals surface area contributed by atoms with E-state index < -0.39 is 9.84 Å². The van der Waals surface area contributed by atoms with Crippen LogP contribution in [-0.2, 0) is 9.84 Å². The van der Waals surface area contributed by atoms with Gasteiger partial charge in [-0.15, -0.1) is 0 Å². The number of hydrogen-bond acceptors (Lipinski definition) is 5. The van der Waals surface area contributed by atoms with Gasteiger partial charge in [0.05, 0.1) is 23.8 Å². The Kier molecular flexibility index (Phi) is 4.06. The summed E-state index contributed by atoms with van der Waals surface area (Å²) in [6.07, 6.45) is 3.23. The third kappa shape index (κ3) is 3.35. The van der Waals surface area contributed by atoms with Crippen molar-refractivity contribution in [3.63, 3.8) is 0 Å². The zero-order valence-corrected chi connectivity index (χ0v) is 11.2. The lowest BCUT2D eigenvalue weighted by Crippen LogP contribution is -2.34. The summed E-state index contributed by atoms with van der Waals surface area (Å²) in [4.78, 5) is 4.14. The standard InChI is InChI=1S/C12H18N2O3S/c1-2-17-12-11(6-3-7-13-12)14-10-5-4-8-18(15,16)9-10/h3,6-7,10,14H,2,4-5,8-9H2,1H3. The van der Waals surface area contributed by atoms with Crippen LogP contribution in [0.1, 0.15) is 19.8 Å². The summed E-state index contributed by atoms with van der Waals surface area (Å²) in [6.45, 7) is 2.43. The molecule has 1 fully saturated rings. The number of rotatable bonds is 4. The van der Waals surface area contributed by atoms with Crippen LogP contribution in [0.25, 0.3) is 0 Å². The maximum atomic E-state index is 11.6. The van der Waals surface area contributed by atoms with Crippen molar-refractivity contribution in [1.82, 2.24) is 4.98 Å². The van der Waals surface area contributed by atoms with E-state index >= 15 is 0 Å². The minimum Gasteiger partial charge on any atom is -0.476 e. The highest BCUT2D eigenvalue weighted by molar-refractivity contribution is 7.91. The first-order valence-electron chi connectivity index (χ1n) is 6.15. The van der Waals surface area contributed by atoms with E-state index in [9.17, 15) is 8.42 Å². The SMILES string of the molecule is CCOc1ncccc1NC1CCCS(=O)(=O)C1. The lowest BCUT2D eigenvalue weighted by Gasteiger charge is -2.24. The largest absolute Gasteiger partial charge is 0.476 e. The highest BCUT2D eigenvalue weighted by Crippen LogP contribution is 2.24. The minimum atomic E-state index is -2.90. The lowest BCUT2D eigenvalue weighted by molar-refractivity contribution is 0.328. The van der Waals surface area contributed by atoms with Crippen molar-refractivity contribution >= 4 is 15.5 Å². The van der Waals surface area contributed by atoms with Gasteiger partial charge in [0.15, 0.2) is 9.84 Å². The van der Waals surface area contributed by atoms with Crippen molar-refractivity contribution in [2.24, 2.45) is 0 Å². The van der Waals surface area contributed by atoms with Crippen molar-refractivity contribution in [3.8, 4) is 5.88 Å². The summed E-state index contributed by atoms with van der Waals surface area (Å²) in [7, 11) is -2.90. The van der Waals surface area contributed by atoms with Crippen LogP contribution in [0, 0.1) is 0 Å². The van der Waals surface area contributed by atoms with Gasteiger partial charge in [0.1, 0.15) is 0 Å². The van der Waals surface area contributed by atoms with E-state index in [0.29, 0.717) is 24.7 Å². The van der Waals surface area contributed by atoms with Gasteiger partial charge in [0, 0.05) is 12.2 Å². The van der Waals surface area contributed by atoms with Gasteiger partial charge in [-0.2, -0.15) is 0 Å². The van der Waals surface area contributed by atoms with Gasteiger partial charge >= 0.3 is 0 Å². The molecule has 1 aromatic rings. The molecule has 100 valence electrons. The number of aromatic nitrogens is 1. The average molecular weight is 270 g/mol. The lowest BCUT2D eigenvalue weighted by atomic mass is 10.2. The Bertz CT molecular complexity index is 502. The zero-order chi connectivity index (χ0) is 13.0. The Morgan fingerprint density at radius 3 is 3.11 bits per heavy atom. The summed E-state index contributed by atoms with van der Waals surface area (Å²) in [5.41, 5.74) is 0.765. The molecule has 0 aromatic carbocycles. The molecule has 2 heterocycles.